The molecule has 0 spiro atoms. The molecule has 2 aliphatic rings. The van der Waals surface area contributed by atoms with E-state index in [4.69, 9.17) is 4.74 Å². The van der Waals surface area contributed by atoms with E-state index in [0.717, 1.165) is 18.5 Å². The Kier molecular flexibility index (Phi) is 7.63. The van der Waals surface area contributed by atoms with Crippen LogP contribution in [0.2, 0.25) is 0 Å². The second-order valence-electron chi connectivity index (χ2n) is 9.77. The van der Waals surface area contributed by atoms with Gasteiger partial charge in [-0.25, -0.2) is 4.79 Å². The normalized spacial score (nSPS) is 22.8. The minimum absolute atomic E-state index is 0.0397. The lowest BCUT2D eigenvalue weighted by molar-refractivity contribution is -0.143. The van der Waals surface area contributed by atoms with E-state index in [2.05, 4.69) is 29.6 Å². The van der Waals surface area contributed by atoms with Gasteiger partial charge in [-0.3, -0.25) is 4.68 Å². The fourth-order valence-corrected chi connectivity index (χ4v) is 4.93. The second kappa shape index (κ2) is 10.4. The Morgan fingerprint density at radius 2 is 1.65 bits per heavy atom. The van der Waals surface area contributed by atoms with Crippen molar-refractivity contribution < 1.29 is 35.9 Å². The van der Waals surface area contributed by atoms with Crippen LogP contribution in [0.1, 0.15) is 55.5 Å². The minimum Gasteiger partial charge on any atom is -0.445 e. The maximum absolute atomic E-state index is 13.1. The number of ether oxygens (including phenoxy) is 1. The topological polar surface area (TPSA) is 71.4 Å². The van der Waals surface area contributed by atoms with Crippen LogP contribution in [0.4, 0.5) is 37.0 Å². The number of nitrogens with zero attached hydrogens (tertiary/aromatic N) is 3. The van der Waals surface area contributed by atoms with Crippen LogP contribution in [-0.4, -0.2) is 45.4 Å². The number of fused-ring (bicyclic) bond motifs is 1. The summed E-state index contributed by atoms with van der Waals surface area (Å²) in [5.41, 5.74) is -2.55. The van der Waals surface area contributed by atoms with Crippen molar-refractivity contribution in [2.24, 2.45) is 0 Å². The maximum atomic E-state index is 13.1. The van der Waals surface area contributed by atoms with Gasteiger partial charge in [0.15, 0.2) is 0 Å². The maximum Gasteiger partial charge on any atom is 0.416 e. The second-order valence-corrected chi connectivity index (χ2v) is 9.77. The molecule has 1 aromatic heterocycles. The van der Waals surface area contributed by atoms with E-state index in [1.54, 1.807) is 4.68 Å². The van der Waals surface area contributed by atoms with E-state index >= 15 is 0 Å². The third kappa shape index (κ3) is 6.88. The number of carbonyl (C=O) groups excluding carboxylic acids is 1. The van der Waals surface area contributed by atoms with Gasteiger partial charge in [0.05, 0.1) is 23.4 Å². The highest BCUT2D eigenvalue weighted by Gasteiger charge is 2.37. The summed E-state index contributed by atoms with van der Waals surface area (Å²) in [4.78, 5) is 14.1. The van der Waals surface area contributed by atoms with Crippen molar-refractivity contribution in [2.45, 2.75) is 83.3 Å². The highest BCUT2D eigenvalue weighted by atomic mass is 19.4. The van der Waals surface area contributed by atoms with Gasteiger partial charge in [-0.1, -0.05) is 0 Å². The number of benzene rings is 1. The summed E-state index contributed by atoms with van der Waals surface area (Å²) in [6.07, 6.45) is -8.33. The number of aromatic nitrogens is 2. The monoisotopic (exact) mass is 533 g/mol. The summed E-state index contributed by atoms with van der Waals surface area (Å²) < 4.78 is 85.5. The van der Waals surface area contributed by atoms with Crippen molar-refractivity contribution in [1.82, 2.24) is 20.0 Å². The predicted octanol–water partition coefficient (Wildman–Crippen LogP) is 5.40. The van der Waals surface area contributed by atoms with Crippen LogP contribution in [0.5, 0.6) is 0 Å². The van der Waals surface area contributed by atoms with Gasteiger partial charge < -0.3 is 20.3 Å². The summed E-state index contributed by atoms with van der Waals surface area (Å²) in [6.45, 7) is 4.55. The Bertz CT molecular complexity index is 1070. The largest absolute Gasteiger partial charge is 0.445 e. The smallest absolute Gasteiger partial charge is 0.416 e. The highest BCUT2D eigenvalue weighted by Crippen LogP contribution is 2.36. The SMILES string of the molecule is CC1CC(Nc2cc3n(n2)CCCN(C(=O)OCc2cc(C(F)(F)F)cc(C(F)(F)F)c2)C3)CC(C)N1. The molecule has 2 aromatic rings. The zero-order valence-corrected chi connectivity index (χ0v) is 20.4. The quantitative estimate of drug-likeness (QED) is 0.515. The first-order valence-corrected chi connectivity index (χ1v) is 12.1. The number of hydrogen-bond acceptors (Lipinski definition) is 5. The summed E-state index contributed by atoms with van der Waals surface area (Å²) >= 11 is 0. The summed E-state index contributed by atoms with van der Waals surface area (Å²) in [5.74, 6) is 0.695. The Hall–Kier alpha value is -2.96. The van der Waals surface area contributed by atoms with E-state index in [0.29, 0.717) is 49.5 Å². The standard InChI is InChI=1S/C24H29F6N5O2/c1-14-6-19(7-15(2)31-14)32-21-11-20-12-34(4-3-5-35(20)33-21)22(36)37-13-16-8-17(23(25,26)27)10-18(9-16)24(28,29)30/h8-11,14-15,19,31H,3-7,12-13H2,1-2H3,(H,32,33). The van der Waals surface area contributed by atoms with Crippen LogP contribution < -0.4 is 10.6 Å². The Morgan fingerprint density at radius 3 is 2.24 bits per heavy atom. The molecule has 2 atom stereocenters. The third-order valence-corrected chi connectivity index (χ3v) is 6.48. The van der Waals surface area contributed by atoms with Crippen molar-refractivity contribution >= 4 is 11.9 Å². The number of piperidine rings is 1. The molecular weight excluding hydrogens is 504 g/mol. The Balaban J connectivity index is 1.41. The van der Waals surface area contributed by atoms with E-state index in [1.807, 2.05) is 6.07 Å². The number of nitrogens with one attached hydrogen (secondary N) is 2. The molecule has 7 nitrogen and oxygen atoms in total. The zero-order valence-electron chi connectivity index (χ0n) is 20.4. The van der Waals surface area contributed by atoms with Crippen LogP contribution in [0.3, 0.4) is 0 Å². The molecule has 0 aliphatic carbocycles. The summed E-state index contributed by atoms with van der Waals surface area (Å²) in [7, 11) is 0. The van der Waals surface area contributed by atoms with Crippen molar-refractivity contribution in [1.29, 1.82) is 0 Å². The van der Waals surface area contributed by atoms with E-state index in [-0.39, 0.29) is 18.7 Å². The first kappa shape index (κ1) is 27.1. The zero-order chi connectivity index (χ0) is 27.0. The molecule has 0 bridgehead atoms. The fraction of sp³-hybridized carbons (Fsp3) is 0.583. The average Bonchev–Trinajstić information content (AvgIpc) is 3.04. The van der Waals surface area contributed by atoms with Gasteiger partial charge in [0.1, 0.15) is 12.4 Å². The number of hydrogen-bond donors (Lipinski definition) is 2. The van der Waals surface area contributed by atoms with Crippen LogP contribution in [-0.2, 0) is 36.8 Å². The molecule has 0 radical (unpaired) electrons. The Labute approximate surface area is 210 Å². The van der Waals surface area contributed by atoms with Gasteiger partial charge in [0.2, 0.25) is 0 Å². The lowest BCUT2D eigenvalue weighted by Gasteiger charge is -2.33. The molecule has 1 saturated heterocycles. The fourth-order valence-electron chi connectivity index (χ4n) is 4.93. The average molecular weight is 534 g/mol. The number of aryl methyl sites for hydroxylation is 1. The molecule has 2 aliphatic heterocycles. The molecule has 2 unspecified atom stereocenters. The van der Waals surface area contributed by atoms with Gasteiger partial charge in [-0.2, -0.15) is 31.4 Å². The number of amides is 1. The van der Waals surface area contributed by atoms with Gasteiger partial charge in [0, 0.05) is 37.3 Å². The number of anilines is 1. The number of rotatable bonds is 4. The van der Waals surface area contributed by atoms with Gasteiger partial charge in [-0.15, -0.1) is 0 Å². The molecule has 1 fully saturated rings. The molecule has 204 valence electrons. The number of carbonyl (C=O) groups is 1. The summed E-state index contributed by atoms with van der Waals surface area (Å²) in [5, 5.41) is 11.5. The van der Waals surface area contributed by atoms with Gasteiger partial charge in [0.25, 0.3) is 0 Å². The van der Waals surface area contributed by atoms with Crippen molar-refractivity contribution in [2.75, 3.05) is 11.9 Å². The molecule has 2 N–H and O–H groups in total. The molecule has 4 rings (SSSR count). The molecule has 13 heteroatoms. The minimum atomic E-state index is -4.97. The summed E-state index contributed by atoms with van der Waals surface area (Å²) in [6, 6.07) is 4.00. The van der Waals surface area contributed by atoms with Gasteiger partial charge >= 0.3 is 18.4 Å². The van der Waals surface area contributed by atoms with Gasteiger partial charge in [-0.05, 0) is 56.9 Å². The predicted molar refractivity (Wildman–Crippen MR) is 123 cm³/mol. The Morgan fingerprint density at radius 1 is 1.03 bits per heavy atom. The van der Waals surface area contributed by atoms with E-state index in [1.165, 1.54) is 4.90 Å². The van der Waals surface area contributed by atoms with Crippen molar-refractivity contribution in [3.63, 3.8) is 0 Å². The molecular formula is C24H29F6N5O2. The lowest BCUT2D eigenvalue weighted by atomic mass is 9.95. The first-order chi connectivity index (χ1) is 17.3. The van der Waals surface area contributed by atoms with Crippen molar-refractivity contribution in [3.8, 4) is 0 Å². The highest BCUT2D eigenvalue weighted by molar-refractivity contribution is 5.67. The molecule has 3 heterocycles. The first-order valence-electron chi connectivity index (χ1n) is 12.1. The van der Waals surface area contributed by atoms with E-state index in [9.17, 15) is 31.1 Å². The van der Waals surface area contributed by atoms with Crippen LogP contribution in [0.25, 0.3) is 0 Å². The van der Waals surface area contributed by atoms with Crippen LogP contribution >= 0.6 is 0 Å². The molecule has 37 heavy (non-hydrogen) atoms. The molecule has 1 aromatic carbocycles. The van der Waals surface area contributed by atoms with Crippen molar-refractivity contribution in [3.05, 3.63) is 46.6 Å². The van der Waals surface area contributed by atoms with Crippen LogP contribution in [0, 0.1) is 0 Å². The number of alkyl halides is 6. The molecule has 1 amide bonds. The lowest BCUT2D eigenvalue weighted by Crippen LogP contribution is -2.46. The third-order valence-electron chi connectivity index (χ3n) is 6.48. The number of halogens is 6. The van der Waals surface area contributed by atoms with Crippen LogP contribution in [0.15, 0.2) is 24.3 Å². The van der Waals surface area contributed by atoms with E-state index < -0.39 is 41.7 Å². The molecule has 0 saturated carbocycles.